The van der Waals surface area contributed by atoms with Crippen molar-refractivity contribution < 1.29 is 0 Å². The predicted octanol–water partition coefficient (Wildman–Crippen LogP) is 16.7. The summed E-state index contributed by atoms with van der Waals surface area (Å²) in [5, 5.41) is 18.9. The molecule has 12 aromatic carbocycles. The van der Waals surface area contributed by atoms with Crippen molar-refractivity contribution in [3.63, 3.8) is 0 Å². The van der Waals surface area contributed by atoms with Crippen molar-refractivity contribution in [2.75, 3.05) is 4.90 Å². The zero-order valence-corrected chi connectivity index (χ0v) is 35.8. The number of allylic oxidation sites excluding steroid dienone is 1. The SMILES string of the molecule is C1=CC(c2ccc(-c3ccc(N4c5c(c6ccccc6c6ccccc56)-c5c6ccccc6cc6cccc4c56)cc3)cc2)C=c2c1c1ccccc1c1c2nc2cccc3cccc1c32. The number of hydrogen-bond donors (Lipinski definition) is 0. The second-order valence-corrected chi connectivity index (χ2v) is 18.1. The first-order valence-electron chi connectivity index (χ1n) is 23.0. The minimum absolute atomic E-state index is 0.120. The Balaban J connectivity index is 0.855. The van der Waals surface area contributed by atoms with E-state index in [1.54, 1.807) is 0 Å². The van der Waals surface area contributed by atoms with Crippen LogP contribution in [0.4, 0.5) is 17.1 Å². The molecule has 2 nitrogen and oxygen atoms in total. The fraction of sp³-hybridized carbons (Fsp3) is 0.0156. The van der Waals surface area contributed by atoms with Crippen LogP contribution in [-0.2, 0) is 0 Å². The molecule has 15 rings (SSSR count). The van der Waals surface area contributed by atoms with Gasteiger partial charge in [0.15, 0.2) is 0 Å². The van der Waals surface area contributed by atoms with Gasteiger partial charge in [-0.15, -0.1) is 0 Å². The van der Waals surface area contributed by atoms with E-state index in [-0.39, 0.29) is 5.92 Å². The lowest BCUT2D eigenvalue weighted by molar-refractivity contribution is 1.14. The fourth-order valence-corrected chi connectivity index (χ4v) is 11.8. The molecule has 2 heteroatoms. The highest BCUT2D eigenvalue weighted by atomic mass is 15.2. The lowest BCUT2D eigenvalue weighted by Crippen LogP contribution is -2.16. The molecule has 1 unspecified atom stereocenters. The Labute approximate surface area is 380 Å². The summed E-state index contributed by atoms with van der Waals surface area (Å²) >= 11 is 0. The molecule has 1 aliphatic carbocycles. The van der Waals surface area contributed by atoms with E-state index in [0.29, 0.717) is 0 Å². The van der Waals surface area contributed by atoms with Crippen molar-refractivity contribution in [2.45, 2.75) is 5.92 Å². The van der Waals surface area contributed by atoms with E-state index in [4.69, 9.17) is 4.98 Å². The summed E-state index contributed by atoms with van der Waals surface area (Å²) in [7, 11) is 0. The molecule has 1 aromatic heterocycles. The van der Waals surface area contributed by atoms with Crippen LogP contribution in [0.3, 0.4) is 0 Å². The van der Waals surface area contributed by atoms with Crippen LogP contribution in [0.5, 0.6) is 0 Å². The number of aromatic nitrogens is 1. The third-order valence-electron chi connectivity index (χ3n) is 14.7. The van der Waals surface area contributed by atoms with E-state index < -0.39 is 0 Å². The minimum Gasteiger partial charge on any atom is -0.309 e. The molecule has 1 aliphatic heterocycles. The van der Waals surface area contributed by atoms with Gasteiger partial charge in [-0.3, -0.25) is 0 Å². The molecule has 2 heterocycles. The monoisotopic (exact) mass is 834 g/mol. The van der Waals surface area contributed by atoms with Crippen molar-refractivity contribution >= 4 is 116 Å². The minimum atomic E-state index is 0.120. The second-order valence-electron chi connectivity index (χ2n) is 18.1. The van der Waals surface area contributed by atoms with Crippen molar-refractivity contribution in [2.24, 2.45) is 0 Å². The quantitative estimate of drug-likeness (QED) is 0.130. The van der Waals surface area contributed by atoms with Crippen LogP contribution in [0.1, 0.15) is 17.0 Å². The summed E-state index contributed by atoms with van der Waals surface area (Å²) < 4.78 is 0. The first-order valence-corrected chi connectivity index (χ1v) is 23.0. The van der Waals surface area contributed by atoms with E-state index in [0.717, 1.165) is 16.7 Å². The fourth-order valence-electron chi connectivity index (χ4n) is 11.8. The molecule has 0 bridgehead atoms. The van der Waals surface area contributed by atoms with E-state index >= 15 is 0 Å². The van der Waals surface area contributed by atoms with E-state index in [2.05, 4.69) is 229 Å². The largest absolute Gasteiger partial charge is 0.309 e. The smallest absolute Gasteiger partial charge is 0.0797 e. The van der Waals surface area contributed by atoms with Crippen LogP contribution >= 0.6 is 0 Å². The molecule has 13 aromatic rings. The van der Waals surface area contributed by atoms with Gasteiger partial charge < -0.3 is 4.90 Å². The number of pyridine rings is 1. The van der Waals surface area contributed by atoms with E-state index in [9.17, 15) is 0 Å². The summed E-state index contributed by atoms with van der Waals surface area (Å²) in [5.41, 5.74) is 13.2. The average Bonchev–Trinajstić information content (AvgIpc) is 3.39. The summed E-state index contributed by atoms with van der Waals surface area (Å²) in [5.74, 6) is 0.120. The van der Waals surface area contributed by atoms with Crippen LogP contribution < -0.4 is 10.1 Å². The lowest BCUT2D eigenvalue weighted by atomic mass is 9.82. The van der Waals surface area contributed by atoms with Gasteiger partial charge in [0.05, 0.1) is 22.4 Å². The molecule has 0 amide bonds. The normalized spacial score (nSPS) is 14.2. The first kappa shape index (κ1) is 35.8. The zero-order chi connectivity index (χ0) is 43.0. The zero-order valence-electron chi connectivity index (χ0n) is 35.8. The van der Waals surface area contributed by atoms with Gasteiger partial charge in [0.25, 0.3) is 0 Å². The van der Waals surface area contributed by atoms with Crippen molar-refractivity contribution in [1.82, 2.24) is 4.98 Å². The summed E-state index contributed by atoms with van der Waals surface area (Å²) in [4.78, 5) is 7.94. The topological polar surface area (TPSA) is 16.1 Å². The molecular formula is C64H38N2. The van der Waals surface area contributed by atoms with Crippen LogP contribution in [-0.4, -0.2) is 4.98 Å². The van der Waals surface area contributed by atoms with Gasteiger partial charge >= 0.3 is 0 Å². The maximum Gasteiger partial charge on any atom is 0.0797 e. The van der Waals surface area contributed by atoms with Crippen LogP contribution in [0, 0.1) is 0 Å². The number of hydrogen-bond acceptors (Lipinski definition) is 2. The average molecular weight is 835 g/mol. The number of fused-ring (bicyclic) bond motifs is 16. The Morgan fingerprint density at radius 3 is 1.82 bits per heavy atom. The number of nitrogens with zero attached hydrogens (tertiary/aromatic N) is 2. The molecule has 0 radical (unpaired) electrons. The van der Waals surface area contributed by atoms with Crippen LogP contribution in [0.25, 0.3) is 121 Å². The molecule has 0 saturated carbocycles. The number of benzene rings is 12. The summed E-state index contributed by atoms with van der Waals surface area (Å²) in [6.45, 7) is 0. The van der Waals surface area contributed by atoms with Gasteiger partial charge in [-0.25, -0.2) is 4.98 Å². The van der Waals surface area contributed by atoms with Crippen molar-refractivity contribution in [3.05, 3.63) is 229 Å². The van der Waals surface area contributed by atoms with E-state index in [1.807, 2.05) is 0 Å². The van der Waals surface area contributed by atoms with Gasteiger partial charge in [-0.05, 0) is 106 Å². The molecule has 0 N–H and O–H groups in total. The Hall–Kier alpha value is -8.59. The standard InChI is InChI=1S/C64H38N2/c1-2-16-46-43(12-1)36-44-15-11-25-57-59(44)61(46)62-52-21-7-4-17-47(52)49-19-5-8-22-53(49)64(62)66(57)45-33-30-39(31-34-45)38-26-28-40(29-27-38)42-32-35-50-48-18-3-6-20-51(48)60-54-23-9-13-41-14-10-24-56(58(41)54)65-63(60)55(50)37-42/h1-37,42H. The van der Waals surface area contributed by atoms with Gasteiger partial charge in [0.1, 0.15) is 0 Å². The maximum atomic E-state index is 5.42. The summed E-state index contributed by atoms with van der Waals surface area (Å²) in [6.07, 6.45) is 7.12. The highest BCUT2D eigenvalue weighted by Gasteiger charge is 2.31. The molecule has 0 fully saturated rings. The highest BCUT2D eigenvalue weighted by molar-refractivity contribution is 6.32. The third kappa shape index (κ3) is 4.93. The van der Waals surface area contributed by atoms with Crippen LogP contribution in [0.15, 0.2) is 212 Å². The lowest BCUT2D eigenvalue weighted by Gasteiger charge is -2.36. The molecule has 66 heavy (non-hydrogen) atoms. The van der Waals surface area contributed by atoms with Gasteiger partial charge in [-0.2, -0.15) is 0 Å². The molecule has 2 aliphatic rings. The van der Waals surface area contributed by atoms with Gasteiger partial charge in [0, 0.05) is 49.5 Å². The predicted molar refractivity (Wildman–Crippen MR) is 281 cm³/mol. The van der Waals surface area contributed by atoms with Crippen molar-refractivity contribution in [3.8, 4) is 22.3 Å². The number of rotatable bonds is 3. The highest BCUT2D eigenvalue weighted by Crippen LogP contribution is 2.58. The molecule has 0 spiro atoms. The maximum absolute atomic E-state index is 5.42. The third-order valence-corrected chi connectivity index (χ3v) is 14.7. The van der Waals surface area contributed by atoms with E-state index in [1.165, 1.54) is 125 Å². The van der Waals surface area contributed by atoms with Crippen molar-refractivity contribution in [1.29, 1.82) is 0 Å². The number of anilines is 3. The first-order chi connectivity index (χ1) is 32.7. The summed E-state index contributed by atoms with van der Waals surface area (Å²) in [6, 6.07) is 76.4. The Morgan fingerprint density at radius 2 is 1.02 bits per heavy atom. The van der Waals surface area contributed by atoms with Gasteiger partial charge in [0.2, 0.25) is 0 Å². The van der Waals surface area contributed by atoms with Crippen LogP contribution in [0.2, 0.25) is 0 Å². The molecule has 304 valence electrons. The Bertz CT molecular complexity index is 4330. The van der Waals surface area contributed by atoms with Gasteiger partial charge in [-0.1, -0.05) is 194 Å². The molecular weight excluding hydrogens is 797 g/mol. The second kappa shape index (κ2) is 13.5. The molecule has 1 atom stereocenters. The Morgan fingerprint density at radius 1 is 0.409 bits per heavy atom. The Kier molecular flexibility index (Phi) is 7.31. The molecule has 0 saturated heterocycles.